The van der Waals surface area contributed by atoms with E-state index in [0.717, 1.165) is 11.8 Å². The van der Waals surface area contributed by atoms with Gasteiger partial charge in [-0.2, -0.15) is 0 Å². The molecule has 3 atom stereocenters. The monoisotopic (exact) mass is 184 g/mol. The normalized spacial score (nSPS) is 33.2. The van der Waals surface area contributed by atoms with Gasteiger partial charge in [-0.05, 0) is 38.8 Å². The summed E-state index contributed by atoms with van der Waals surface area (Å²) in [6, 6.07) is 0.626. The van der Waals surface area contributed by atoms with Gasteiger partial charge in [0, 0.05) is 19.1 Å². The van der Waals surface area contributed by atoms with Crippen molar-refractivity contribution in [2.24, 2.45) is 11.8 Å². The largest absolute Gasteiger partial charge is 0.316 e. The van der Waals surface area contributed by atoms with Crippen molar-refractivity contribution in [3.63, 3.8) is 0 Å². The van der Waals surface area contributed by atoms with Crippen molar-refractivity contribution < 1.29 is 0 Å². The van der Waals surface area contributed by atoms with Gasteiger partial charge < -0.3 is 10.2 Å². The molecule has 13 heavy (non-hydrogen) atoms. The molecule has 2 nitrogen and oxygen atoms in total. The van der Waals surface area contributed by atoms with E-state index in [1.54, 1.807) is 0 Å². The van der Waals surface area contributed by atoms with Gasteiger partial charge in [0.1, 0.15) is 0 Å². The van der Waals surface area contributed by atoms with Crippen molar-refractivity contribution in [3.8, 4) is 0 Å². The molecule has 78 valence electrons. The predicted octanol–water partition coefficient (Wildman–Crippen LogP) is 1.57. The van der Waals surface area contributed by atoms with Crippen LogP contribution in [0.2, 0.25) is 0 Å². The fourth-order valence-electron chi connectivity index (χ4n) is 1.99. The number of hydrogen-bond donors (Lipinski definition) is 1. The second-order valence-electron chi connectivity index (χ2n) is 4.69. The number of likely N-dealkylation sites (N-methyl/N-ethyl adjacent to an activating group) is 1. The van der Waals surface area contributed by atoms with Crippen LogP contribution in [0.25, 0.3) is 0 Å². The number of rotatable bonds is 3. The summed E-state index contributed by atoms with van der Waals surface area (Å²) < 4.78 is 0. The lowest BCUT2D eigenvalue weighted by Gasteiger charge is -2.36. The van der Waals surface area contributed by atoms with E-state index >= 15 is 0 Å². The Bertz CT molecular complexity index is 145. The van der Waals surface area contributed by atoms with Gasteiger partial charge in [-0.15, -0.1) is 0 Å². The second-order valence-corrected chi connectivity index (χ2v) is 4.69. The highest BCUT2D eigenvalue weighted by Gasteiger charge is 2.22. The van der Waals surface area contributed by atoms with E-state index in [0.29, 0.717) is 6.04 Å². The lowest BCUT2D eigenvalue weighted by atomic mass is 9.88. The highest BCUT2D eigenvalue weighted by Crippen LogP contribution is 2.22. The van der Waals surface area contributed by atoms with Gasteiger partial charge in [0.2, 0.25) is 0 Å². The Morgan fingerprint density at radius 1 is 1.38 bits per heavy atom. The van der Waals surface area contributed by atoms with Crippen LogP contribution in [0, 0.1) is 11.8 Å². The smallest absolute Gasteiger partial charge is 0.0163 e. The van der Waals surface area contributed by atoms with Crippen molar-refractivity contribution in [1.29, 1.82) is 0 Å². The van der Waals surface area contributed by atoms with Gasteiger partial charge in [-0.3, -0.25) is 0 Å². The first-order valence-electron chi connectivity index (χ1n) is 5.53. The Kier molecular flexibility index (Phi) is 4.20. The molecule has 0 saturated carbocycles. The highest BCUT2D eigenvalue weighted by molar-refractivity contribution is 4.77. The highest BCUT2D eigenvalue weighted by atomic mass is 15.2. The molecule has 1 rings (SSSR count). The van der Waals surface area contributed by atoms with Gasteiger partial charge >= 0.3 is 0 Å². The third-order valence-electron chi connectivity index (χ3n) is 3.44. The van der Waals surface area contributed by atoms with Crippen LogP contribution in [0.15, 0.2) is 0 Å². The van der Waals surface area contributed by atoms with Gasteiger partial charge in [0.25, 0.3) is 0 Å². The minimum Gasteiger partial charge on any atom is -0.316 e. The predicted molar refractivity (Wildman–Crippen MR) is 57.9 cm³/mol. The zero-order chi connectivity index (χ0) is 9.84. The molecule has 0 radical (unpaired) electrons. The maximum Gasteiger partial charge on any atom is 0.0163 e. The molecular formula is C11H24N2. The minimum absolute atomic E-state index is 0.626. The van der Waals surface area contributed by atoms with Gasteiger partial charge in [0.05, 0.1) is 0 Å². The van der Waals surface area contributed by atoms with Crippen molar-refractivity contribution in [3.05, 3.63) is 0 Å². The lowest BCUT2D eigenvalue weighted by molar-refractivity contribution is 0.130. The van der Waals surface area contributed by atoms with Crippen LogP contribution in [-0.4, -0.2) is 37.6 Å². The molecule has 1 fully saturated rings. The summed E-state index contributed by atoms with van der Waals surface area (Å²) >= 11 is 0. The van der Waals surface area contributed by atoms with Crippen LogP contribution < -0.4 is 5.32 Å². The van der Waals surface area contributed by atoms with E-state index in [1.165, 1.54) is 26.1 Å². The Labute approximate surface area is 82.7 Å². The topological polar surface area (TPSA) is 15.3 Å². The molecule has 0 aromatic heterocycles. The molecule has 0 spiro atoms. The summed E-state index contributed by atoms with van der Waals surface area (Å²) in [5, 5.41) is 3.30. The first-order valence-corrected chi connectivity index (χ1v) is 5.53. The Morgan fingerprint density at radius 3 is 2.62 bits per heavy atom. The summed E-state index contributed by atoms with van der Waals surface area (Å²) in [5.41, 5.74) is 0. The van der Waals surface area contributed by atoms with Gasteiger partial charge in [-0.25, -0.2) is 0 Å². The molecule has 0 amide bonds. The first kappa shape index (κ1) is 11.0. The molecule has 0 aromatic carbocycles. The lowest BCUT2D eigenvalue weighted by Crippen LogP contribution is -2.44. The van der Waals surface area contributed by atoms with E-state index in [1.807, 2.05) is 7.05 Å². The maximum atomic E-state index is 3.30. The van der Waals surface area contributed by atoms with Crippen LogP contribution >= 0.6 is 0 Å². The Hall–Kier alpha value is -0.0800. The third kappa shape index (κ3) is 3.28. The average molecular weight is 184 g/mol. The summed E-state index contributed by atoms with van der Waals surface area (Å²) in [6.07, 6.45) is 1.37. The van der Waals surface area contributed by atoms with Crippen molar-refractivity contribution >= 4 is 0 Å². The van der Waals surface area contributed by atoms with E-state index < -0.39 is 0 Å². The maximum absolute atomic E-state index is 3.30. The van der Waals surface area contributed by atoms with Crippen molar-refractivity contribution in [2.75, 3.05) is 26.7 Å². The zero-order valence-electron chi connectivity index (χ0n) is 9.51. The molecule has 0 aromatic rings. The fraction of sp³-hybridized carbons (Fsp3) is 1.00. The third-order valence-corrected chi connectivity index (χ3v) is 3.44. The molecule has 1 saturated heterocycles. The average Bonchev–Trinajstić information content (AvgIpc) is 2.11. The van der Waals surface area contributed by atoms with Crippen molar-refractivity contribution in [1.82, 2.24) is 10.2 Å². The van der Waals surface area contributed by atoms with Gasteiger partial charge in [-0.1, -0.05) is 13.8 Å². The summed E-state index contributed by atoms with van der Waals surface area (Å²) in [7, 11) is 2.04. The van der Waals surface area contributed by atoms with Crippen molar-refractivity contribution in [2.45, 2.75) is 33.2 Å². The molecule has 0 aliphatic carbocycles. The number of nitrogens with one attached hydrogen (secondary N) is 1. The molecule has 1 heterocycles. The SMILES string of the molecule is CNC(C)CN1CCC(C)C(C)C1. The quantitative estimate of drug-likeness (QED) is 0.716. The second kappa shape index (κ2) is 4.97. The summed E-state index contributed by atoms with van der Waals surface area (Å²) in [5.74, 6) is 1.79. The fourth-order valence-corrected chi connectivity index (χ4v) is 1.99. The van der Waals surface area contributed by atoms with Gasteiger partial charge in [0.15, 0.2) is 0 Å². The minimum atomic E-state index is 0.626. The number of likely N-dealkylation sites (tertiary alicyclic amines) is 1. The van der Waals surface area contributed by atoms with E-state index in [4.69, 9.17) is 0 Å². The van der Waals surface area contributed by atoms with Crippen LogP contribution in [0.5, 0.6) is 0 Å². The molecule has 1 aliphatic rings. The number of piperidine rings is 1. The molecule has 2 heteroatoms. The Morgan fingerprint density at radius 2 is 2.08 bits per heavy atom. The molecule has 1 N–H and O–H groups in total. The van der Waals surface area contributed by atoms with E-state index in [9.17, 15) is 0 Å². The van der Waals surface area contributed by atoms with E-state index in [2.05, 4.69) is 31.0 Å². The number of hydrogen-bond acceptors (Lipinski definition) is 2. The first-order chi connectivity index (χ1) is 6.13. The molecular weight excluding hydrogens is 160 g/mol. The summed E-state index contributed by atoms with van der Waals surface area (Å²) in [4.78, 5) is 2.59. The number of nitrogens with zero attached hydrogens (tertiary/aromatic N) is 1. The van der Waals surface area contributed by atoms with E-state index in [-0.39, 0.29) is 0 Å². The molecule has 0 bridgehead atoms. The molecule has 3 unspecified atom stereocenters. The standard InChI is InChI=1S/C11H24N2/c1-9-5-6-13(7-10(9)2)8-11(3)12-4/h9-12H,5-8H2,1-4H3. The van der Waals surface area contributed by atoms with Crippen LogP contribution in [0.1, 0.15) is 27.2 Å². The Balaban J connectivity index is 2.29. The van der Waals surface area contributed by atoms with Crippen LogP contribution in [0.3, 0.4) is 0 Å². The zero-order valence-corrected chi connectivity index (χ0v) is 9.51. The summed E-state index contributed by atoms with van der Waals surface area (Å²) in [6.45, 7) is 10.8. The van der Waals surface area contributed by atoms with Crippen LogP contribution in [-0.2, 0) is 0 Å². The van der Waals surface area contributed by atoms with Crippen LogP contribution in [0.4, 0.5) is 0 Å². The molecule has 1 aliphatic heterocycles.